The van der Waals surface area contributed by atoms with Gasteiger partial charge in [0.2, 0.25) is 0 Å². The molecule has 0 amide bonds. The molecule has 3 nitrogen and oxygen atoms in total. The van der Waals surface area contributed by atoms with Gasteiger partial charge >= 0.3 is 0 Å². The van der Waals surface area contributed by atoms with E-state index < -0.39 is 0 Å². The number of nitrogens with zero attached hydrogens (tertiary/aromatic N) is 1. The number of unbranched alkanes of at least 4 members (excludes halogenated alkanes) is 4. The fourth-order valence-corrected chi connectivity index (χ4v) is 5.29. The van der Waals surface area contributed by atoms with Crippen LogP contribution in [-0.2, 0) is 19.3 Å². The fraction of sp³-hybridized carbons (Fsp3) is 0.609. The number of aliphatic hydroxyl groups is 1. The van der Waals surface area contributed by atoms with Crippen molar-refractivity contribution in [2.75, 3.05) is 13.2 Å². The number of fused-ring (bicyclic) bond motifs is 3. The van der Waals surface area contributed by atoms with Crippen LogP contribution in [-0.4, -0.2) is 23.2 Å². The van der Waals surface area contributed by atoms with Gasteiger partial charge < -0.3 is 10.8 Å². The van der Waals surface area contributed by atoms with Crippen molar-refractivity contribution in [2.24, 2.45) is 5.73 Å². The first-order valence-electron chi connectivity index (χ1n) is 10.7. The average molecular weight is 387 g/mol. The molecule has 0 aliphatic heterocycles. The molecule has 1 atom stereocenters. The van der Waals surface area contributed by atoms with Crippen molar-refractivity contribution in [2.45, 2.75) is 77.0 Å². The first-order chi connectivity index (χ1) is 13.3. The Hall–Kier alpha value is -1.23. The third kappa shape index (κ3) is 5.18. The third-order valence-electron chi connectivity index (χ3n) is 5.71. The van der Waals surface area contributed by atoms with Gasteiger partial charge in [0.15, 0.2) is 0 Å². The van der Waals surface area contributed by atoms with E-state index in [1.165, 1.54) is 64.4 Å². The van der Waals surface area contributed by atoms with Crippen LogP contribution in [0.2, 0.25) is 0 Å². The topological polar surface area (TPSA) is 59.1 Å². The Balaban J connectivity index is 1.70. The van der Waals surface area contributed by atoms with Gasteiger partial charge in [-0.1, -0.05) is 50.8 Å². The molecule has 0 radical (unpaired) electrons. The predicted molar refractivity (Wildman–Crippen MR) is 116 cm³/mol. The monoisotopic (exact) mass is 386 g/mol. The van der Waals surface area contributed by atoms with Crippen molar-refractivity contribution in [3.63, 3.8) is 0 Å². The maximum absolute atomic E-state index is 9.12. The van der Waals surface area contributed by atoms with Gasteiger partial charge in [0.05, 0.1) is 15.6 Å². The van der Waals surface area contributed by atoms with Crippen molar-refractivity contribution < 1.29 is 5.11 Å². The second kappa shape index (κ2) is 10.4. The summed E-state index contributed by atoms with van der Waals surface area (Å²) in [6.07, 6.45) is 11.6. The van der Waals surface area contributed by atoms with Crippen LogP contribution in [0.3, 0.4) is 0 Å². The van der Waals surface area contributed by atoms with Gasteiger partial charge in [-0.25, -0.2) is 4.98 Å². The zero-order valence-electron chi connectivity index (χ0n) is 16.7. The summed E-state index contributed by atoms with van der Waals surface area (Å²) in [5.74, 6) is 0.351. The molecule has 0 fully saturated rings. The molecule has 4 heteroatoms. The van der Waals surface area contributed by atoms with Crippen molar-refractivity contribution in [1.29, 1.82) is 0 Å². The Morgan fingerprint density at radius 1 is 1.15 bits per heavy atom. The predicted octanol–water partition coefficient (Wildman–Crippen LogP) is 5.24. The Morgan fingerprint density at radius 3 is 2.78 bits per heavy atom. The Kier molecular flexibility index (Phi) is 7.86. The number of nitrogens with two attached hydrogens (primary N) is 1. The summed E-state index contributed by atoms with van der Waals surface area (Å²) in [5, 5.41) is 10.4. The van der Waals surface area contributed by atoms with E-state index in [1.54, 1.807) is 0 Å². The van der Waals surface area contributed by atoms with Crippen molar-refractivity contribution in [3.05, 3.63) is 40.0 Å². The van der Waals surface area contributed by atoms with E-state index in [-0.39, 0.29) is 6.61 Å². The number of aromatic nitrogens is 1. The van der Waals surface area contributed by atoms with Gasteiger partial charge in [0.25, 0.3) is 0 Å². The fourth-order valence-electron chi connectivity index (χ4n) is 4.07. The lowest BCUT2D eigenvalue weighted by atomic mass is 9.87. The normalized spacial score (nSPS) is 14.0. The molecule has 2 aromatic rings. The maximum Gasteiger partial charge on any atom is 0.0934 e. The molecule has 1 aliphatic carbocycles. The number of thiazole rings is 1. The molecule has 0 saturated heterocycles. The number of rotatable bonds is 11. The van der Waals surface area contributed by atoms with Crippen LogP contribution in [0.4, 0.5) is 0 Å². The van der Waals surface area contributed by atoms with Crippen molar-refractivity contribution in [1.82, 2.24) is 4.98 Å². The highest BCUT2D eigenvalue weighted by Gasteiger charge is 2.22. The number of benzene rings is 1. The average Bonchev–Trinajstić information content (AvgIpc) is 3.11. The van der Waals surface area contributed by atoms with E-state index >= 15 is 0 Å². The molecule has 0 spiro atoms. The molecule has 0 saturated carbocycles. The standard InChI is InChI=1S/C23H34N2OS/c1-2-3-4-5-6-9-22-25-21-13-11-18-15-17(19(16-24)8-7-14-26)10-12-20(18)23(21)27-22/h10,12,15,19,26H,2-9,11,13-14,16,24H2,1H3/t19-/m0/s1. The van der Waals surface area contributed by atoms with Crippen LogP contribution in [0.15, 0.2) is 18.2 Å². The molecule has 1 aliphatic rings. The maximum atomic E-state index is 9.12. The van der Waals surface area contributed by atoms with E-state index in [0.717, 1.165) is 32.1 Å². The lowest BCUT2D eigenvalue weighted by Gasteiger charge is -2.20. The molecule has 1 heterocycles. The highest BCUT2D eigenvalue weighted by atomic mass is 32.1. The summed E-state index contributed by atoms with van der Waals surface area (Å²) in [4.78, 5) is 6.35. The lowest BCUT2D eigenvalue weighted by Crippen LogP contribution is -2.14. The first kappa shape index (κ1) is 20.5. The van der Waals surface area contributed by atoms with Crippen LogP contribution >= 0.6 is 11.3 Å². The van der Waals surface area contributed by atoms with Crippen molar-refractivity contribution in [3.8, 4) is 10.4 Å². The van der Waals surface area contributed by atoms with Crippen LogP contribution in [0.1, 0.15) is 79.6 Å². The minimum atomic E-state index is 0.243. The molecule has 0 bridgehead atoms. The summed E-state index contributed by atoms with van der Waals surface area (Å²) in [5.41, 5.74) is 11.4. The number of aryl methyl sites for hydroxylation is 3. The minimum absolute atomic E-state index is 0.243. The van der Waals surface area contributed by atoms with E-state index in [2.05, 4.69) is 25.1 Å². The highest BCUT2D eigenvalue weighted by Crippen LogP contribution is 2.39. The van der Waals surface area contributed by atoms with Gasteiger partial charge in [-0.15, -0.1) is 11.3 Å². The molecule has 1 aromatic carbocycles. The van der Waals surface area contributed by atoms with Gasteiger partial charge in [0.1, 0.15) is 0 Å². The molecule has 3 N–H and O–H groups in total. The molecule has 27 heavy (non-hydrogen) atoms. The summed E-state index contributed by atoms with van der Waals surface area (Å²) in [7, 11) is 0. The second-order valence-corrected chi connectivity index (χ2v) is 8.85. The zero-order valence-corrected chi connectivity index (χ0v) is 17.5. The van der Waals surface area contributed by atoms with E-state index in [1.807, 2.05) is 11.3 Å². The van der Waals surface area contributed by atoms with Crippen LogP contribution in [0.25, 0.3) is 10.4 Å². The van der Waals surface area contributed by atoms with Gasteiger partial charge in [0, 0.05) is 6.61 Å². The molecular weight excluding hydrogens is 352 g/mol. The van der Waals surface area contributed by atoms with Gasteiger partial charge in [-0.2, -0.15) is 0 Å². The summed E-state index contributed by atoms with van der Waals surface area (Å²) < 4.78 is 0. The van der Waals surface area contributed by atoms with Crippen molar-refractivity contribution >= 4 is 11.3 Å². The van der Waals surface area contributed by atoms with Gasteiger partial charge in [-0.05, 0) is 67.7 Å². The number of hydrogen-bond donors (Lipinski definition) is 2. The van der Waals surface area contributed by atoms with E-state index in [9.17, 15) is 0 Å². The SMILES string of the molecule is CCCCCCCc1nc2c(s1)-c1ccc([C@H](CN)CCCO)cc1CC2. The van der Waals surface area contributed by atoms with Gasteiger partial charge in [-0.3, -0.25) is 0 Å². The zero-order chi connectivity index (χ0) is 19.1. The smallest absolute Gasteiger partial charge is 0.0934 e. The van der Waals surface area contributed by atoms with E-state index in [4.69, 9.17) is 15.8 Å². The first-order valence-corrected chi connectivity index (χ1v) is 11.5. The lowest BCUT2D eigenvalue weighted by molar-refractivity contribution is 0.280. The van der Waals surface area contributed by atoms with Crippen LogP contribution in [0, 0.1) is 0 Å². The summed E-state index contributed by atoms with van der Waals surface area (Å²) in [6.45, 7) is 3.15. The Morgan fingerprint density at radius 2 is 2.00 bits per heavy atom. The second-order valence-electron chi connectivity index (χ2n) is 7.76. The summed E-state index contributed by atoms with van der Waals surface area (Å²) in [6, 6.07) is 6.89. The highest BCUT2D eigenvalue weighted by molar-refractivity contribution is 7.15. The molecular formula is C23H34N2OS. The minimum Gasteiger partial charge on any atom is -0.396 e. The Labute approximate surface area is 168 Å². The molecule has 1 aromatic heterocycles. The molecule has 148 valence electrons. The Bertz CT molecular complexity index is 725. The summed E-state index contributed by atoms with van der Waals surface area (Å²) >= 11 is 1.91. The van der Waals surface area contributed by atoms with E-state index in [0.29, 0.717) is 12.5 Å². The molecule has 0 unspecified atom stereocenters. The largest absolute Gasteiger partial charge is 0.396 e. The third-order valence-corrected chi connectivity index (χ3v) is 6.90. The number of aliphatic hydroxyl groups excluding tert-OH is 1. The quantitative estimate of drug-likeness (QED) is 0.519. The number of hydrogen-bond acceptors (Lipinski definition) is 4. The molecule has 3 rings (SSSR count). The van der Waals surface area contributed by atoms with Crippen LogP contribution < -0.4 is 5.73 Å². The van der Waals surface area contributed by atoms with Crippen LogP contribution in [0.5, 0.6) is 0 Å².